The average Bonchev–Trinajstić information content (AvgIpc) is 2.30. The highest BCUT2D eigenvalue weighted by atomic mass is 19.3. The van der Waals surface area contributed by atoms with Gasteiger partial charge in [0.05, 0.1) is 6.61 Å². The number of carbonyl (C=O) groups is 1. The van der Waals surface area contributed by atoms with E-state index in [1.807, 2.05) is 0 Å². The number of hydrogen-bond donors (Lipinski definition) is 2. The Bertz CT molecular complexity index is 415. The SMILES string of the molecule is O=C(O)c1ccnc(NCCOCC(F)F)c1F. The van der Waals surface area contributed by atoms with E-state index < -0.39 is 30.4 Å². The summed E-state index contributed by atoms with van der Waals surface area (Å²) < 4.78 is 41.5. The van der Waals surface area contributed by atoms with Crippen LogP contribution in [0.1, 0.15) is 10.4 Å². The first-order valence-corrected chi connectivity index (χ1v) is 5.00. The number of aromatic nitrogens is 1. The highest BCUT2D eigenvalue weighted by Gasteiger charge is 2.14. The van der Waals surface area contributed by atoms with Gasteiger partial charge in [0.2, 0.25) is 0 Å². The Kier molecular flexibility index (Phi) is 5.37. The molecule has 5 nitrogen and oxygen atoms in total. The number of carboxylic acid groups (broad SMARTS) is 1. The van der Waals surface area contributed by atoms with Gasteiger partial charge in [0.15, 0.2) is 11.6 Å². The summed E-state index contributed by atoms with van der Waals surface area (Å²) >= 11 is 0. The van der Waals surface area contributed by atoms with Gasteiger partial charge in [-0.2, -0.15) is 0 Å². The lowest BCUT2D eigenvalue weighted by atomic mass is 10.2. The van der Waals surface area contributed by atoms with Gasteiger partial charge in [-0.3, -0.25) is 0 Å². The molecule has 100 valence electrons. The maximum atomic E-state index is 13.5. The number of rotatable bonds is 7. The molecule has 0 aliphatic rings. The number of anilines is 1. The van der Waals surface area contributed by atoms with Crippen LogP contribution in [-0.4, -0.2) is 42.2 Å². The highest BCUT2D eigenvalue weighted by molar-refractivity contribution is 5.88. The Morgan fingerprint density at radius 2 is 2.28 bits per heavy atom. The second kappa shape index (κ2) is 6.80. The van der Waals surface area contributed by atoms with E-state index in [-0.39, 0.29) is 19.0 Å². The van der Waals surface area contributed by atoms with Crippen molar-refractivity contribution in [1.29, 1.82) is 0 Å². The summed E-state index contributed by atoms with van der Waals surface area (Å²) in [5, 5.41) is 11.1. The number of pyridine rings is 1. The van der Waals surface area contributed by atoms with Crippen LogP contribution in [0.25, 0.3) is 0 Å². The molecule has 0 spiro atoms. The molecule has 0 bridgehead atoms. The van der Waals surface area contributed by atoms with E-state index in [0.717, 1.165) is 12.3 Å². The van der Waals surface area contributed by atoms with Crippen LogP contribution in [0.4, 0.5) is 19.0 Å². The number of halogens is 3. The van der Waals surface area contributed by atoms with Crippen LogP contribution in [0, 0.1) is 5.82 Å². The quantitative estimate of drug-likeness (QED) is 0.732. The van der Waals surface area contributed by atoms with E-state index in [0.29, 0.717) is 0 Å². The fraction of sp³-hybridized carbons (Fsp3) is 0.400. The molecule has 1 aromatic heterocycles. The van der Waals surface area contributed by atoms with E-state index in [1.54, 1.807) is 0 Å². The van der Waals surface area contributed by atoms with Crippen molar-refractivity contribution in [2.24, 2.45) is 0 Å². The molecule has 0 aliphatic carbocycles. The zero-order chi connectivity index (χ0) is 13.5. The predicted octanol–water partition coefficient (Wildman–Crippen LogP) is 1.61. The number of aromatic carboxylic acids is 1. The zero-order valence-corrected chi connectivity index (χ0v) is 9.20. The van der Waals surface area contributed by atoms with Gasteiger partial charge in [-0.25, -0.2) is 22.9 Å². The smallest absolute Gasteiger partial charge is 0.338 e. The summed E-state index contributed by atoms with van der Waals surface area (Å²) in [5.41, 5.74) is -0.513. The van der Waals surface area contributed by atoms with E-state index in [4.69, 9.17) is 5.11 Å². The highest BCUT2D eigenvalue weighted by Crippen LogP contribution is 2.14. The normalized spacial score (nSPS) is 10.7. The standard InChI is InChI=1S/C10H11F3N2O3/c11-7(12)5-18-4-3-15-9-8(13)6(10(16)17)1-2-14-9/h1-2,7H,3-5H2,(H,14,15)(H,16,17). The van der Waals surface area contributed by atoms with E-state index in [1.165, 1.54) is 0 Å². The van der Waals surface area contributed by atoms with Crippen molar-refractivity contribution in [2.75, 3.05) is 25.1 Å². The topological polar surface area (TPSA) is 71.5 Å². The summed E-state index contributed by atoms with van der Waals surface area (Å²) in [6, 6.07) is 1.02. The van der Waals surface area contributed by atoms with Crippen LogP contribution in [0.2, 0.25) is 0 Å². The Labute approximate surface area is 101 Å². The largest absolute Gasteiger partial charge is 0.478 e. The third kappa shape index (κ3) is 4.21. The lowest BCUT2D eigenvalue weighted by Gasteiger charge is -2.08. The lowest BCUT2D eigenvalue weighted by Crippen LogP contribution is -2.15. The van der Waals surface area contributed by atoms with Crippen LogP contribution < -0.4 is 5.32 Å². The Morgan fingerprint density at radius 1 is 1.56 bits per heavy atom. The second-order valence-electron chi connectivity index (χ2n) is 3.22. The van der Waals surface area contributed by atoms with Crippen molar-refractivity contribution in [3.05, 3.63) is 23.6 Å². The monoisotopic (exact) mass is 264 g/mol. The molecular weight excluding hydrogens is 253 g/mol. The molecule has 0 amide bonds. The minimum absolute atomic E-state index is 0.0414. The molecule has 0 radical (unpaired) electrons. The van der Waals surface area contributed by atoms with Gasteiger partial charge in [0, 0.05) is 12.7 Å². The van der Waals surface area contributed by atoms with Gasteiger partial charge < -0.3 is 15.2 Å². The summed E-state index contributed by atoms with van der Waals surface area (Å²) in [4.78, 5) is 14.2. The number of carboxylic acids is 1. The third-order valence-electron chi connectivity index (χ3n) is 1.90. The summed E-state index contributed by atoms with van der Waals surface area (Å²) in [6.07, 6.45) is -1.43. The van der Waals surface area contributed by atoms with Gasteiger partial charge in [-0.05, 0) is 6.07 Å². The molecule has 0 saturated heterocycles. The van der Waals surface area contributed by atoms with Crippen molar-refractivity contribution in [2.45, 2.75) is 6.43 Å². The Balaban J connectivity index is 2.48. The number of hydrogen-bond acceptors (Lipinski definition) is 4. The molecule has 2 N–H and O–H groups in total. The summed E-state index contributed by atoms with van der Waals surface area (Å²) in [7, 11) is 0. The average molecular weight is 264 g/mol. The Morgan fingerprint density at radius 3 is 2.89 bits per heavy atom. The number of nitrogens with zero attached hydrogens (tertiary/aromatic N) is 1. The fourth-order valence-electron chi connectivity index (χ4n) is 1.15. The molecule has 8 heteroatoms. The molecule has 0 aliphatic heterocycles. The first kappa shape index (κ1) is 14.2. The summed E-state index contributed by atoms with van der Waals surface area (Å²) in [5.74, 6) is -2.67. The Hall–Kier alpha value is -1.83. The van der Waals surface area contributed by atoms with Crippen LogP contribution in [0.3, 0.4) is 0 Å². The first-order chi connectivity index (χ1) is 8.52. The van der Waals surface area contributed by atoms with E-state index in [2.05, 4.69) is 15.0 Å². The predicted molar refractivity (Wildman–Crippen MR) is 56.5 cm³/mol. The minimum Gasteiger partial charge on any atom is -0.478 e. The molecule has 0 atom stereocenters. The maximum absolute atomic E-state index is 13.5. The molecule has 1 aromatic rings. The van der Waals surface area contributed by atoms with Crippen LogP contribution >= 0.6 is 0 Å². The van der Waals surface area contributed by atoms with Gasteiger partial charge in [-0.1, -0.05) is 0 Å². The maximum Gasteiger partial charge on any atom is 0.338 e. The molecule has 0 fully saturated rings. The van der Waals surface area contributed by atoms with Crippen LogP contribution in [0.15, 0.2) is 12.3 Å². The van der Waals surface area contributed by atoms with Gasteiger partial charge in [0.25, 0.3) is 6.43 Å². The summed E-state index contributed by atoms with van der Waals surface area (Å²) in [6.45, 7) is -0.727. The second-order valence-corrected chi connectivity index (χ2v) is 3.22. The zero-order valence-electron chi connectivity index (χ0n) is 9.20. The molecule has 1 rings (SSSR count). The van der Waals surface area contributed by atoms with Gasteiger partial charge >= 0.3 is 5.97 Å². The molecule has 18 heavy (non-hydrogen) atoms. The van der Waals surface area contributed by atoms with Gasteiger partial charge in [-0.15, -0.1) is 0 Å². The number of ether oxygens (including phenoxy) is 1. The van der Waals surface area contributed by atoms with Gasteiger partial charge in [0.1, 0.15) is 12.2 Å². The van der Waals surface area contributed by atoms with Crippen molar-refractivity contribution >= 4 is 11.8 Å². The fourth-order valence-corrected chi connectivity index (χ4v) is 1.15. The number of alkyl halides is 2. The minimum atomic E-state index is -2.56. The van der Waals surface area contributed by atoms with E-state index >= 15 is 0 Å². The van der Waals surface area contributed by atoms with Crippen molar-refractivity contribution in [3.8, 4) is 0 Å². The molecule has 0 saturated carbocycles. The van der Waals surface area contributed by atoms with Crippen molar-refractivity contribution in [3.63, 3.8) is 0 Å². The lowest BCUT2D eigenvalue weighted by molar-refractivity contribution is 0.0214. The number of nitrogens with one attached hydrogen (secondary N) is 1. The molecular formula is C10H11F3N2O3. The molecule has 0 unspecified atom stereocenters. The van der Waals surface area contributed by atoms with Crippen LogP contribution in [-0.2, 0) is 4.74 Å². The van der Waals surface area contributed by atoms with Crippen molar-refractivity contribution < 1.29 is 27.8 Å². The van der Waals surface area contributed by atoms with Crippen molar-refractivity contribution in [1.82, 2.24) is 4.98 Å². The molecule has 0 aromatic carbocycles. The molecule has 1 heterocycles. The third-order valence-corrected chi connectivity index (χ3v) is 1.90. The van der Waals surface area contributed by atoms with E-state index in [9.17, 15) is 18.0 Å². The van der Waals surface area contributed by atoms with Crippen LogP contribution in [0.5, 0.6) is 0 Å². The first-order valence-electron chi connectivity index (χ1n) is 5.00.